The molecular formula is C14H16N2OS. The molecule has 1 heterocycles. The predicted molar refractivity (Wildman–Crippen MR) is 76.9 cm³/mol. The van der Waals surface area contributed by atoms with Crippen molar-refractivity contribution in [2.45, 2.75) is 13.8 Å². The maximum Gasteiger partial charge on any atom is 0.254 e. The Bertz CT molecular complexity index is 561. The molecule has 18 heavy (non-hydrogen) atoms. The molecule has 0 aliphatic heterocycles. The van der Waals surface area contributed by atoms with Crippen LogP contribution in [0.3, 0.4) is 0 Å². The Morgan fingerprint density at radius 2 is 2.00 bits per heavy atom. The van der Waals surface area contributed by atoms with Crippen LogP contribution in [0.15, 0.2) is 30.3 Å². The lowest BCUT2D eigenvalue weighted by atomic mass is 10.1. The number of carbonyl (C=O) groups is 1. The maximum atomic E-state index is 11.9. The molecule has 0 saturated carbocycles. The van der Waals surface area contributed by atoms with Crippen molar-refractivity contribution in [3.63, 3.8) is 0 Å². The first-order valence-corrected chi connectivity index (χ1v) is 6.69. The highest BCUT2D eigenvalue weighted by Gasteiger charge is 2.19. The van der Waals surface area contributed by atoms with E-state index in [9.17, 15) is 4.79 Å². The molecule has 0 fully saturated rings. The fourth-order valence-corrected chi connectivity index (χ4v) is 3.01. The van der Waals surface area contributed by atoms with Crippen molar-refractivity contribution in [2.75, 3.05) is 12.3 Å². The smallest absolute Gasteiger partial charge is 0.254 e. The minimum absolute atomic E-state index is 0.0917. The van der Waals surface area contributed by atoms with E-state index in [0.29, 0.717) is 17.1 Å². The standard InChI is InChI=1S/C14H16N2OS/c1-3-16-14(17)11-9(2)12(18-13(11)15)10-7-5-4-6-8-10/h4-8H,3,15H2,1-2H3,(H,16,17). The number of hydrogen-bond donors (Lipinski definition) is 2. The lowest BCUT2D eigenvalue weighted by molar-refractivity contribution is 0.0956. The van der Waals surface area contributed by atoms with Crippen LogP contribution >= 0.6 is 11.3 Å². The van der Waals surface area contributed by atoms with E-state index in [1.54, 1.807) is 0 Å². The highest BCUT2D eigenvalue weighted by Crippen LogP contribution is 2.37. The van der Waals surface area contributed by atoms with Crippen molar-refractivity contribution in [2.24, 2.45) is 0 Å². The fourth-order valence-electron chi connectivity index (χ4n) is 1.93. The second-order valence-electron chi connectivity index (χ2n) is 4.02. The first kappa shape index (κ1) is 12.6. The number of carbonyl (C=O) groups excluding carboxylic acids is 1. The number of anilines is 1. The van der Waals surface area contributed by atoms with Gasteiger partial charge in [0.15, 0.2) is 0 Å². The van der Waals surface area contributed by atoms with Gasteiger partial charge in [-0.1, -0.05) is 30.3 Å². The first-order chi connectivity index (χ1) is 8.65. The molecule has 1 aromatic carbocycles. The van der Waals surface area contributed by atoms with E-state index < -0.39 is 0 Å². The van der Waals surface area contributed by atoms with Crippen LogP contribution in [0.1, 0.15) is 22.8 Å². The number of benzene rings is 1. The van der Waals surface area contributed by atoms with Crippen LogP contribution in [0.4, 0.5) is 5.00 Å². The Morgan fingerprint density at radius 1 is 1.33 bits per heavy atom. The second-order valence-corrected chi connectivity index (χ2v) is 5.07. The minimum atomic E-state index is -0.0917. The Hall–Kier alpha value is -1.81. The summed E-state index contributed by atoms with van der Waals surface area (Å²) in [4.78, 5) is 13.0. The minimum Gasteiger partial charge on any atom is -0.390 e. The third-order valence-corrected chi connectivity index (χ3v) is 3.94. The fraction of sp³-hybridized carbons (Fsp3) is 0.214. The van der Waals surface area contributed by atoms with Crippen molar-refractivity contribution in [3.8, 4) is 10.4 Å². The Balaban J connectivity index is 2.47. The van der Waals surface area contributed by atoms with Gasteiger partial charge in [0.1, 0.15) is 0 Å². The van der Waals surface area contributed by atoms with Crippen LogP contribution in [0.25, 0.3) is 10.4 Å². The average Bonchev–Trinajstić information content (AvgIpc) is 2.66. The van der Waals surface area contributed by atoms with Crippen molar-refractivity contribution in [3.05, 3.63) is 41.5 Å². The van der Waals surface area contributed by atoms with Gasteiger partial charge in [0.05, 0.1) is 10.6 Å². The van der Waals surface area contributed by atoms with Gasteiger partial charge in [-0.2, -0.15) is 0 Å². The van der Waals surface area contributed by atoms with Crippen LogP contribution < -0.4 is 11.1 Å². The summed E-state index contributed by atoms with van der Waals surface area (Å²) >= 11 is 1.47. The molecule has 0 unspecified atom stereocenters. The molecule has 0 atom stereocenters. The van der Waals surface area contributed by atoms with Crippen molar-refractivity contribution in [1.29, 1.82) is 0 Å². The molecule has 2 rings (SSSR count). The van der Waals surface area contributed by atoms with Gasteiger partial charge in [-0.25, -0.2) is 0 Å². The summed E-state index contributed by atoms with van der Waals surface area (Å²) in [6, 6.07) is 9.99. The number of thiophene rings is 1. The number of nitrogen functional groups attached to an aromatic ring is 1. The van der Waals surface area contributed by atoms with Gasteiger partial charge in [0, 0.05) is 11.4 Å². The average molecular weight is 260 g/mol. The molecular weight excluding hydrogens is 244 g/mol. The monoisotopic (exact) mass is 260 g/mol. The summed E-state index contributed by atoms with van der Waals surface area (Å²) < 4.78 is 0. The molecule has 0 aliphatic rings. The van der Waals surface area contributed by atoms with Crippen LogP contribution in [-0.4, -0.2) is 12.5 Å². The molecule has 0 spiro atoms. The molecule has 0 saturated heterocycles. The number of amides is 1. The molecule has 0 bridgehead atoms. The van der Waals surface area contributed by atoms with Gasteiger partial charge in [0.2, 0.25) is 0 Å². The number of rotatable bonds is 3. The predicted octanol–water partition coefficient (Wildman–Crippen LogP) is 3.06. The van der Waals surface area contributed by atoms with Gasteiger partial charge in [-0.3, -0.25) is 4.79 Å². The Labute approximate surface area is 111 Å². The number of nitrogens with two attached hydrogens (primary N) is 1. The Kier molecular flexibility index (Phi) is 3.67. The van der Waals surface area contributed by atoms with Crippen LogP contribution in [0.2, 0.25) is 0 Å². The summed E-state index contributed by atoms with van der Waals surface area (Å²) in [5, 5.41) is 3.38. The highest BCUT2D eigenvalue weighted by molar-refractivity contribution is 7.19. The topological polar surface area (TPSA) is 55.1 Å². The number of hydrogen-bond acceptors (Lipinski definition) is 3. The van der Waals surface area contributed by atoms with E-state index in [1.807, 2.05) is 44.2 Å². The van der Waals surface area contributed by atoms with Gasteiger partial charge in [0.25, 0.3) is 5.91 Å². The zero-order chi connectivity index (χ0) is 13.1. The maximum absolute atomic E-state index is 11.9. The van der Waals surface area contributed by atoms with E-state index in [2.05, 4.69) is 5.32 Å². The van der Waals surface area contributed by atoms with Crippen molar-refractivity contribution in [1.82, 2.24) is 5.32 Å². The summed E-state index contributed by atoms with van der Waals surface area (Å²) in [6.07, 6.45) is 0. The third kappa shape index (κ3) is 2.24. The van der Waals surface area contributed by atoms with E-state index in [4.69, 9.17) is 5.73 Å². The zero-order valence-electron chi connectivity index (χ0n) is 10.5. The SMILES string of the molecule is CCNC(=O)c1c(N)sc(-c2ccccc2)c1C. The molecule has 1 aromatic heterocycles. The van der Waals surface area contributed by atoms with Crippen LogP contribution in [0, 0.1) is 6.92 Å². The summed E-state index contributed by atoms with van der Waals surface area (Å²) in [5.74, 6) is -0.0917. The molecule has 3 N–H and O–H groups in total. The number of nitrogens with one attached hydrogen (secondary N) is 1. The van der Waals surface area contributed by atoms with Crippen LogP contribution in [0.5, 0.6) is 0 Å². The van der Waals surface area contributed by atoms with E-state index in [-0.39, 0.29) is 5.91 Å². The van der Waals surface area contributed by atoms with Crippen molar-refractivity contribution >= 4 is 22.2 Å². The van der Waals surface area contributed by atoms with E-state index in [0.717, 1.165) is 16.0 Å². The van der Waals surface area contributed by atoms with E-state index >= 15 is 0 Å². The van der Waals surface area contributed by atoms with Gasteiger partial charge in [-0.15, -0.1) is 11.3 Å². The molecule has 1 amide bonds. The normalized spacial score (nSPS) is 10.3. The van der Waals surface area contributed by atoms with Gasteiger partial charge < -0.3 is 11.1 Å². The Morgan fingerprint density at radius 3 is 2.61 bits per heavy atom. The lowest BCUT2D eigenvalue weighted by Gasteiger charge is -2.03. The summed E-state index contributed by atoms with van der Waals surface area (Å²) in [6.45, 7) is 4.45. The first-order valence-electron chi connectivity index (χ1n) is 5.87. The van der Waals surface area contributed by atoms with Gasteiger partial charge in [-0.05, 0) is 25.0 Å². The van der Waals surface area contributed by atoms with Gasteiger partial charge >= 0.3 is 0 Å². The zero-order valence-corrected chi connectivity index (χ0v) is 11.3. The van der Waals surface area contributed by atoms with Crippen LogP contribution in [-0.2, 0) is 0 Å². The summed E-state index contributed by atoms with van der Waals surface area (Å²) in [7, 11) is 0. The second kappa shape index (κ2) is 5.23. The van der Waals surface area contributed by atoms with Crippen molar-refractivity contribution < 1.29 is 4.79 Å². The lowest BCUT2D eigenvalue weighted by Crippen LogP contribution is -2.23. The molecule has 4 heteroatoms. The third-order valence-electron chi connectivity index (χ3n) is 2.77. The van der Waals surface area contributed by atoms with E-state index in [1.165, 1.54) is 11.3 Å². The molecule has 94 valence electrons. The molecule has 0 radical (unpaired) electrons. The highest BCUT2D eigenvalue weighted by atomic mass is 32.1. The quantitative estimate of drug-likeness (QED) is 0.891. The summed E-state index contributed by atoms with van der Waals surface area (Å²) in [5.41, 5.74) is 8.63. The molecule has 0 aliphatic carbocycles. The largest absolute Gasteiger partial charge is 0.390 e. The molecule has 2 aromatic rings. The molecule has 3 nitrogen and oxygen atoms in total.